The zero-order valence-electron chi connectivity index (χ0n) is 6.42. The van der Waals surface area contributed by atoms with Gasteiger partial charge in [-0.25, -0.2) is 22.0 Å². The van der Waals surface area contributed by atoms with Gasteiger partial charge < -0.3 is 0 Å². The summed E-state index contributed by atoms with van der Waals surface area (Å²) in [6, 6.07) is 0. The summed E-state index contributed by atoms with van der Waals surface area (Å²) < 4.78 is 63.1. The van der Waals surface area contributed by atoms with Gasteiger partial charge >= 0.3 is 0 Å². The van der Waals surface area contributed by atoms with Crippen LogP contribution in [0.2, 0.25) is 0 Å². The number of hydrogen-bond donors (Lipinski definition) is 0. The zero-order valence-corrected chi connectivity index (χ0v) is 8.01. The molecule has 1 aromatic carbocycles. The molecule has 76 valence electrons. The molecule has 0 radical (unpaired) electrons. The SMILES string of the molecule is Fc1c(F)c(F)c(/C=C/Br)c(F)c1F. The van der Waals surface area contributed by atoms with Crippen molar-refractivity contribution < 1.29 is 22.0 Å². The van der Waals surface area contributed by atoms with E-state index in [1.165, 1.54) is 0 Å². The fraction of sp³-hybridized carbons (Fsp3) is 0. The molecule has 0 heterocycles. The van der Waals surface area contributed by atoms with Crippen LogP contribution in [-0.2, 0) is 0 Å². The van der Waals surface area contributed by atoms with Crippen molar-refractivity contribution in [1.82, 2.24) is 0 Å². The molecule has 0 spiro atoms. The number of hydrogen-bond acceptors (Lipinski definition) is 0. The molecule has 0 unspecified atom stereocenters. The van der Waals surface area contributed by atoms with Gasteiger partial charge in [-0.3, -0.25) is 0 Å². The summed E-state index contributed by atoms with van der Waals surface area (Å²) in [7, 11) is 0. The summed E-state index contributed by atoms with van der Waals surface area (Å²) in [6.07, 6.45) is 0.732. The van der Waals surface area contributed by atoms with Gasteiger partial charge in [0.1, 0.15) is 0 Å². The Labute approximate surface area is 84.2 Å². The van der Waals surface area contributed by atoms with Gasteiger partial charge in [-0.2, -0.15) is 0 Å². The minimum atomic E-state index is -2.16. The number of rotatable bonds is 1. The highest BCUT2D eigenvalue weighted by molar-refractivity contribution is 9.11. The first kappa shape index (κ1) is 11.2. The van der Waals surface area contributed by atoms with E-state index in [-0.39, 0.29) is 0 Å². The Bertz CT molecular complexity index is 370. The van der Waals surface area contributed by atoms with E-state index < -0.39 is 34.6 Å². The fourth-order valence-electron chi connectivity index (χ4n) is 0.831. The van der Waals surface area contributed by atoms with Gasteiger partial charge in [0.25, 0.3) is 0 Å². The molecular formula is C8H2BrF5. The van der Waals surface area contributed by atoms with E-state index in [0.29, 0.717) is 0 Å². The van der Waals surface area contributed by atoms with E-state index in [4.69, 9.17) is 0 Å². The lowest BCUT2D eigenvalue weighted by Crippen LogP contribution is -2.03. The molecule has 0 aliphatic heterocycles. The maximum Gasteiger partial charge on any atom is 0.200 e. The summed E-state index contributed by atoms with van der Waals surface area (Å²) in [5, 5.41) is 0. The maximum atomic E-state index is 12.8. The Balaban J connectivity index is 3.59. The third kappa shape index (κ3) is 1.66. The molecule has 0 bridgehead atoms. The molecule has 0 nitrogen and oxygen atoms in total. The van der Waals surface area contributed by atoms with Crippen molar-refractivity contribution in [3.05, 3.63) is 39.6 Å². The lowest BCUT2D eigenvalue weighted by atomic mass is 10.1. The largest absolute Gasteiger partial charge is 0.203 e. The summed E-state index contributed by atoms with van der Waals surface area (Å²) in [6.45, 7) is 0. The van der Waals surface area contributed by atoms with Gasteiger partial charge in [0, 0.05) is 0 Å². The average Bonchev–Trinajstić information content (AvgIpc) is 2.19. The quantitative estimate of drug-likeness (QED) is 0.415. The van der Waals surface area contributed by atoms with Crippen LogP contribution in [0, 0.1) is 29.1 Å². The Morgan fingerprint density at radius 1 is 0.714 bits per heavy atom. The Kier molecular flexibility index (Phi) is 3.25. The van der Waals surface area contributed by atoms with Crippen LogP contribution in [0.5, 0.6) is 0 Å². The summed E-state index contributed by atoms with van der Waals surface area (Å²) in [5.74, 6) is -9.77. The molecule has 1 rings (SSSR count). The highest BCUT2D eigenvalue weighted by atomic mass is 79.9. The van der Waals surface area contributed by atoms with Crippen molar-refractivity contribution in [2.75, 3.05) is 0 Å². The first-order chi connectivity index (χ1) is 6.50. The second-order valence-electron chi connectivity index (χ2n) is 2.28. The van der Waals surface area contributed by atoms with Gasteiger partial charge in [0.2, 0.25) is 5.82 Å². The van der Waals surface area contributed by atoms with Crippen LogP contribution < -0.4 is 0 Å². The third-order valence-electron chi connectivity index (χ3n) is 1.47. The predicted octanol–water partition coefficient (Wildman–Crippen LogP) is 3.75. The molecule has 0 saturated carbocycles. The van der Waals surface area contributed by atoms with Crippen molar-refractivity contribution in [3.8, 4) is 0 Å². The van der Waals surface area contributed by atoms with Gasteiger partial charge in [-0.05, 0) is 11.1 Å². The van der Waals surface area contributed by atoms with E-state index in [1.54, 1.807) is 0 Å². The Morgan fingerprint density at radius 2 is 1.07 bits per heavy atom. The van der Waals surface area contributed by atoms with Gasteiger partial charge in [0.05, 0.1) is 5.56 Å². The molecule has 0 aliphatic rings. The van der Waals surface area contributed by atoms with Crippen molar-refractivity contribution in [1.29, 1.82) is 0 Å². The van der Waals surface area contributed by atoms with Gasteiger partial charge in [0.15, 0.2) is 23.3 Å². The monoisotopic (exact) mass is 272 g/mol. The second-order valence-corrected chi connectivity index (χ2v) is 2.80. The molecule has 1 aromatic rings. The zero-order chi connectivity index (χ0) is 10.9. The van der Waals surface area contributed by atoms with Gasteiger partial charge in [-0.15, -0.1) is 0 Å². The van der Waals surface area contributed by atoms with Crippen LogP contribution in [0.4, 0.5) is 22.0 Å². The summed E-state index contributed by atoms with van der Waals surface area (Å²) in [4.78, 5) is 0.991. The Morgan fingerprint density at radius 3 is 1.43 bits per heavy atom. The highest BCUT2D eigenvalue weighted by Gasteiger charge is 2.23. The van der Waals surface area contributed by atoms with E-state index in [0.717, 1.165) is 11.1 Å². The normalized spacial score (nSPS) is 11.3. The minimum Gasteiger partial charge on any atom is -0.203 e. The lowest BCUT2D eigenvalue weighted by Gasteiger charge is -2.03. The average molecular weight is 273 g/mol. The number of halogens is 6. The molecule has 0 aromatic heterocycles. The van der Waals surface area contributed by atoms with Crippen LogP contribution in [-0.4, -0.2) is 0 Å². The first-order valence-corrected chi connectivity index (χ1v) is 4.20. The fourth-order valence-corrected chi connectivity index (χ4v) is 1.10. The van der Waals surface area contributed by atoms with Crippen LogP contribution in [0.15, 0.2) is 4.99 Å². The van der Waals surface area contributed by atoms with Crippen LogP contribution >= 0.6 is 15.9 Å². The maximum absolute atomic E-state index is 12.8. The third-order valence-corrected chi connectivity index (χ3v) is 1.74. The van der Waals surface area contributed by atoms with Crippen LogP contribution in [0.1, 0.15) is 5.56 Å². The Hall–Kier alpha value is -0.910. The van der Waals surface area contributed by atoms with E-state index in [1.807, 2.05) is 0 Å². The standard InChI is InChI=1S/C8H2BrF5/c9-2-1-3-4(10)6(12)8(14)7(13)5(3)11/h1-2H/b2-1+. The lowest BCUT2D eigenvalue weighted by molar-refractivity contribution is 0.377. The molecule has 0 atom stereocenters. The van der Waals surface area contributed by atoms with Crippen molar-refractivity contribution in [2.45, 2.75) is 0 Å². The number of benzene rings is 1. The van der Waals surface area contributed by atoms with E-state index in [9.17, 15) is 22.0 Å². The van der Waals surface area contributed by atoms with Gasteiger partial charge in [-0.1, -0.05) is 15.9 Å². The molecular weight excluding hydrogens is 271 g/mol. The van der Waals surface area contributed by atoms with E-state index in [2.05, 4.69) is 15.9 Å². The first-order valence-electron chi connectivity index (χ1n) is 3.29. The van der Waals surface area contributed by atoms with Crippen LogP contribution in [0.25, 0.3) is 6.08 Å². The molecule has 0 aliphatic carbocycles. The topological polar surface area (TPSA) is 0 Å². The molecule has 0 saturated heterocycles. The predicted molar refractivity (Wildman–Crippen MR) is 44.2 cm³/mol. The summed E-state index contributed by atoms with van der Waals surface area (Å²) in [5.41, 5.74) is -0.974. The molecule has 6 heteroatoms. The van der Waals surface area contributed by atoms with Crippen molar-refractivity contribution >= 4 is 22.0 Å². The second kappa shape index (κ2) is 4.08. The van der Waals surface area contributed by atoms with E-state index >= 15 is 0 Å². The van der Waals surface area contributed by atoms with Crippen molar-refractivity contribution in [3.63, 3.8) is 0 Å². The molecule has 14 heavy (non-hydrogen) atoms. The van der Waals surface area contributed by atoms with Crippen LogP contribution in [0.3, 0.4) is 0 Å². The minimum absolute atomic E-state index is 0.732. The molecule has 0 N–H and O–H groups in total. The smallest absolute Gasteiger partial charge is 0.200 e. The molecule has 0 fully saturated rings. The molecule has 0 amide bonds. The highest BCUT2D eigenvalue weighted by Crippen LogP contribution is 2.24. The summed E-state index contributed by atoms with van der Waals surface area (Å²) >= 11 is 2.67. The van der Waals surface area contributed by atoms with Crippen molar-refractivity contribution in [2.24, 2.45) is 0 Å².